The molecule has 0 radical (unpaired) electrons. The van der Waals surface area contributed by atoms with Gasteiger partial charge in [-0.2, -0.15) is 0 Å². The molecule has 1 heterocycles. The van der Waals surface area contributed by atoms with Gasteiger partial charge in [0.05, 0.1) is 0 Å². The van der Waals surface area contributed by atoms with Gasteiger partial charge in [0.25, 0.3) is 0 Å². The lowest BCUT2D eigenvalue weighted by molar-refractivity contribution is 1.04. The van der Waals surface area contributed by atoms with Crippen molar-refractivity contribution in [1.29, 1.82) is 0 Å². The number of pyridine rings is 1. The van der Waals surface area contributed by atoms with Crippen LogP contribution in [0.5, 0.6) is 0 Å². The Bertz CT molecular complexity index is 271. The molecule has 0 aromatic carbocycles. The zero-order valence-electron chi connectivity index (χ0n) is 8.37. The topological polar surface area (TPSA) is 19.4 Å². The number of hydrogen-bond acceptors (Lipinski definition) is 3. The molecule has 1 rings (SSSR count). The van der Waals surface area contributed by atoms with Crippen LogP contribution in [0.15, 0.2) is 16.7 Å². The van der Waals surface area contributed by atoms with Crippen molar-refractivity contribution in [2.45, 2.75) is 0 Å². The van der Waals surface area contributed by atoms with Crippen molar-refractivity contribution in [3.05, 3.63) is 16.7 Å². The fourth-order valence-corrected chi connectivity index (χ4v) is 1.37. The average Bonchev–Trinajstić information content (AvgIpc) is 2.03. The third kappa shape index (κ3) is 2.59. The maximum atomic E-state index is 4.33. The van der Waals surface area contributed by atoms with Crippen LogP contribution in [-0.2, 0) is 0 Å². The molecule has 0 spiro atoms. The van der Waals surface area contributed by atoms with Gasteiger partial charge >= 0.3 is 0 Å². The van der Waals surface area contributed by atoms with E-state index < -0.39 is 0 Å². The predicted molar refractivity (Wildman–Crippen MR) is 60.6 cm³/mol. The fraction of sp³-hybridized carbons (Fsp3) is 0.444. The van der Waals surface area contributed by atoms with Crippen LogP contribution >= 0.6 is 15.9 Å². The van der Waals surface area contributed by atoms with Crippen molar-refractivity contribution < 1.29 is 0 Å². The normalized spacial score (nSPS) is 9.92. The predicted octanol–water partition coefficient (Wildman–Crippen LogP) is 1.98. The van der Waals surface area contributed by atoms with Crippen molar-refractivity contribution in [2.75, 3.05) is 38.0 Å². The van der Waals surface area contributed by atoms with E-state index in [9.17, 15) is 0 Å². The van der Waals surface area contributed by atoms with Gasteiger partial charge in [0.15, 0.2) is 0 Å². The molecule has 0 bridgehead atoms. The smallest absolute Gasteiger partial charge is 0.131 e. The van der Waals surface area contributed by atoms with E-state index >= 15 is 0 Å². The van der Waals surface area contributed by atoms with E-state index in [1.165, 1.54) is 0 Å². The van der Waals surface area contributed by atoms with E-state index in [4.69, 9.17) is 0 Å². The van der Waals surface area contributed by atoms with Gasteiger partial charge in [-0.3, -0.25) is 0 Å². The molecule has 0 aliphatic carbocycles. The Labute approximate surface area is 87.5 Å². The largest absolute Gasteiger partial charge is 0.377 e. The molecule has 0 N–H and O–H groups in total. The van der Waals surface area contributed by atoms with Gasteiger partial charge in [-0.25, -0.2) is 4.98 Å². The van der Waals surface area contributed by atoms with Gasteiger partial charge in [-0.1, -0.05) is 0 Å². The van der Waals surface area contributed by atoms with Crippen LogP contribution in [0.1, 0.15) is 0 Å². The second-order valence-electron chi connectivity index (χ2n) is 3.30. The Morgan fingerprint density at radius 1 is 1.08 bits per heavy atom. The van der Waals surface area contributed by atoms with Crippen LogP contribution in [0, 0.1) is 0 Å². The lowest BCUT2D eigenvalue weighted by Crippen LogP contribution is -2.14. The summed E-state index contributed by atoms with van der Waals surface area (Å²) in [5.74, 6) is 0.957. The first kappa shape index (κ1) is 10.3. The minimum Gasteiger partial charge on any atom is -0.377 e. The summed E-state index contributed by atoms with van der Waals surface area (Å²) in [7, 11) is 7.99. The van der Waals surface area contributed by atoms with Gasteiger partial charge in [-0.05, 0) is 22.0 Å². The molecule has 0 saturated carbocycles. The van der Waals surface area contributed by atoms with Crippen molar-refractivity contribution in [1.82, 2.24) is 4.98 Å². The summed E-state index contributed by atoms with van der Waals surface area (Å²) in [4.78, 5) is 8.37. The van der Waals surface area contributed by atoms with Gasteiger partial charge in [0.2, 0.25) is 0 Å². The highest BCUT2D eigenvalue weighted by molar-refractivity contribution is 9.10. The van der Waals surface area contributed by atoms with E-state index in [0.717, 1.165) is 16.1 Å². The first-order valence-corrected chi connectivity index (χ1v) is 4.82. The van der Waals surface area contributed by atoms with E-state index in [2.05, 4.69) is 25.8 Å². The van der Waals surface area contributed by atoms with Crippen LogP contribution in [0.4, 0.5) is 11.5 Å². The quantitative estimate of drug-likeness (QED) is 0.741. The molecular weight excluding hydrogens is 230 g/mol. The highest BCUT2D eigenvalue weighted by Crippen LogP contribution is 2.22. The minimum absolute atomic E-state index is 0.863. The highest BCUT2D eigenvalue weighted by Gasteiger charge is 2.03. The molecule has 0 fully saturated rings. The number of rotatable bonds is 2. The summed E-state index contributed by atoms with van der Waals surface area (Å²) < 4.78 is 0.863. The molecule has 0 aliphatic heterocycles. The highest BCUT2D eigenvalue weighted by atomic mass is 79.9. The Morgan fingerprint density at radius 2 is 1.69 bits per heavy atom. The summed E-state index contributed by atoms with van der Waals surface area (Å²) in [6.07, 6.45) is 0. The number of hydrogen-bond donors (Lipinski definition) is 0. The average molecular weight is 244 g/mol. The third-order valence-corrected chi connectivity index (χ3v) is 2.15. The third-order valence-electron chi connectivity index (χ3n) is 1.74. The summed E-state index contributed by atoms with van der Waals surface area (Å²) in [5, 5.41) is 0. The molecule has 1 aromatic heterocycles. The van der Waals surface area contributed by atoms with Gasteiger partial charge in [0, 0.05) is 39.9 Å². The van der Waals surface area contributed by atoms with E-state index in [-0.39, 0.29) is 0 Å². The summed E-state index contributed by atoms with van der Waals surface area (Å²) in [6.45, 7) is 0. The van der Waals surface area contributed by atoms with Gasteiger partial charge in [0.1, 0.15) is 10.4 Å². The van der Waals surface area contributed by atoms with Crippen LogP contribution < -0.4 is 9.80 Å². The molecule has 4 heteroatoms. The number of anilines is 2. The van der Waals surface area contributed by atoms with E-state index in [1.54, 1.807) is 0 Å². The summed E-state index contributed by atoms with van der Waals surface area (Å²) in [6, 6.07) is 4.04. The van der Waals surface area contributed by atoms with Gasteiger partial charge < -0.3 is 9.80 Å². The number of nitrogens with zero attached hydrogens (tertiary/aromatic N) is 3. The monoisotopic (exact) mass is 243 g/mol. The molecule has 0 amide bonds. The number of aromatic nitrogens is 1. The van der Waals surface area contributed by atoms with Crippen LogP contribution in [0.25, 0.3) is 0 Å². The second kappa shape index (κ2) is 3.96. The minimum atomic E-state index is 0.863. The van der Waals surface area contributed by atoms with Crippen molar-refractivity contribution in [3.8, 4) is 0 Å². The Hall–Kier alpha value is -0.770. The first-order valence-electron chi connectivity index (χ1n) is 4.03. The zero-order valence-corrected chi connectivity index (χ0v) is 9.96. The molecule has 3 nitrogen and oxygen atoms in total. The van der Waals surface area contributed by atoms with Crippen LogP contribution in [0.3, 0.4) is 0 Å². The Balaban J connectivity index is 3.11. The molecule has 0 atom stereocenters. The van der Waals surface area contributed by atoms with Gasteiger partial charge in [-0.15, -0.1) is 0 Å². The number of halogens is 1. The maximum absolute atomic E-state index is 4.33. The zero-order chi connectivity index (χ0) is 10.0. The second-order valence-corrected chi connectivity index (χ2v) is 4.11. The molecule has 0 aliphatic rings. The lowest BCUT2D eigenvalue weighted by Gasteiger charge is -2.17. The molecule has 0 unspecified atom stereocenters. The molecule has 13 heavy (non-hydrogen) atoms. The maximum Gasteiger partial charge on any atom is 0.131 e. The van der Waals surface area contributed by atoms with Crippen molar-refractivity contribution in [3.63, 3.8) is 0 Å². The first-order chi connectivity index (χ1) is 6.00. The van der Waals surface area contributed by atoms with E-state index in [0.29, 0.717) is 0 Å². The summed E-state index contributed by atoms with van der Waals surface area (Å²) in [5.41, 5.74) is 1.14. The van der Waals surface area contributed by atoms with Crippen molar-refractivity contribution >= 4 is 27.4 Å². The van der Waals surface area contributed by atoms with Crippen LogP contribution in [0.2, 0.25) is 0 Å². The standard InChI is InChI=1S/C9H14BrN3/c1-12(2)7-5-8(10)11-9(6-7)13(3)4/h5-6H,1-4H3. The van der Waals surface area contributed by atoms with E-state index in [1.807, 2.05) is 45.2 Å². The fourth-order valence-electron chi connectivity index (χ4n) is 0.957. The molecule has 0 saturated heterocycles. The SMILES string of the molecule is CN(C)c1cc(Br)nc(N(C)C)c1. The lowest BCUT2D eigenvalue weighted by atomic mass is 10.3. The Kier molecular flexibility index (Phi) is 3.14. The molecule has 1 aromatic rings. The van der Waals surface area contributed by atoms with Crippen molar-refractivity contribution in [2.24, 2.45) is 0 Å². The van der Waals surface area contributed by atoms with Crippen LogP contribution in [-0.4, -0.2) is 33.2 Å². The summed E-state index contributed by atoms with van der Waals surface area (Å²) >= 11 is 3.39. The molecular formula is C9H14BrN3. The molecule has 72 valence electrons. The Morgan fingerprint density at radius 3 is 2.15 bits per heavy atom.